The summed E-state index contributed by atoms with van der Waals surface area (Å²) in [5.74, 6) is 0.0297. The number of carbonyl (C=O) groups excluding carboxylic acids is 1. The molecule has 2 heterocycles. The SMILES string of the molecule is C[C@H](CCc1ccccc1)NC(=O)c1ccc(N2CCCc3ccccc32)s1. The zero-order valence-corrected chi connectivity index (χ0v) is 17.0. The Balaban J connectivity index is 1.38. The van der Waals surface area contributed by atoms with E-state index in [2.05, 4.69) is 71.7 Å². The number of aryl methyl sites for hydroxylation is 2. The fourth-order valence-electron chi connectivity index (χ4n) is 3.75. The first-order valence-corrected chi connectivity index (χ1v) is 10.8. The summed E-state index contributed by atoms with van der Waals surface area (Å²) in [6.07, 6.45) is 4.19. The van der Waals surface area contributed by atoms with Crippen molar-refractivity contribution in [3.05, 3.63) is 82.7 Å². The first kappa shape index (κ1) is 18.8. The van der Waals surface area contributed by atoms with Crippen molar-refractivity contribution in [3.8, 4) is 0 Å². The van der Waals surface area contributed by atoms with Gasteiger partial charge in [0.15, 0.2) is 0 Å². The third-order valence-corrected chi connectivity index (χ3v) is 6.39. The molecule has 3 nitrogen and oxygen atoms in total. The van der Waals surface area contributed by atoms with Gasteiger partial charge in [0.1, 0.15) is 0 Å². The van der Waals surface area contributed by atoms with Crippen LogP contribution in [0.2, 0.25) is 0 Å². The van der Waals surface area contributed by atoms with Gasteiger partial charge in [-0.3, -0.25) is 4.79 Å². The molecule has 1 atom stereocenters. The summed E-state index contributed by atoms with van der Waals surface area (Å²) in [6.45, 7) is 3.09. The molecule has 0 unspecified atom stereocenters. The van der Waals surface area contributed by atoms with Gasteiger partial charge in [0.2, 0.25) is 0 Å². The molecule has 1 aliphatic rings. The van der Waals surface area contributed by atoms with Crippen LogP contribution in [-0.4, -0.2) is 18.5 Å². The smallest absolute Gasteiger partial charge is 0.261 e. The maximum absolute atomic E-state index is 12.7. The molecule has 0 radical (unpaired) electrons. The summed E-state index contributed by atoms with van der Waals surface area (Å²) in [5, 5.41) is 4.30. The van der Waals surface area contributed by atoms with Crippen LogP contribution in [0.15, 0.2) is 66.7 Å². The molecule has 144 valence electrons. The highest BCUT2D eigenvalue weighted by atomic mass is 32.1. The van der Waals surface area contributed by atoms with Crippen molar-refractivity contribution in [2.45, 2.75) is 38.6 Å². The first-order chi connectivity index (χ1) is 13.7. The number of nitrogens with zero attached hydrogens (tertiary/aromatic N) is 1. The molecule has 0 fully saturated rings. The van der Waals surface area contributed by atoms with Crippen LogP contribution in [-0.2, 0) is 12.8 Å². The second kappa shape index (κ2) is 8.61. The van der Waals surface area contributed by atoms with E-state index in [9.17, 15) is 4.79 Å². The zero-order valence-electron chi connectivity index (χ0n) is 16.2. The Labute approximate surface area is 171 Å². The molecular weight excluding hydrogens is 364 g/mol. The van der Waals surface area contributed by atoms with E-state index in [1.807, 2.05) is 12.1 Å². The molecule has 4 rings (SSSR count). The van der Waals surface area contributed by atoms with E-state index >= 15 is 0 Å². The summed E-state index contributed by atoms with van der Waals surface area (Å²) in [6, 6.07) is 23.2. The molecule has 1 N–H and O–H groups in total. The van der Waals surface area contributed by atoms with Crippen LogP contribution in [0, 0.1) is 0 Å². The van der Waals surface area contributed by atoms with Crippen LogP contribution in [0.1, 0.15) is 40.6 Å². The van der Waals surface area contributed by atoms with Gasteiger partial charge in [0.05, 0.1) is 9.88 Å². The molecule has 0 spiro atoms. The molecule has 1 aliphatic heterocycles. The van der Waals surface area contributed by atoms with Crippen LogP contribution in [0.3, 0.4) is 0 Å². The minimum absolute atomic E-state index is 0.0297. The van der Waals surface area contributed by atoms with Crippen molar-refractivity contribution < 1.29 is 4.79 Å². The van der Waals surface area contributed by atoms with E-state index in [1.54, 1.807) is 11.3 Å². The van der Waals surface area contributed by atoms with Gasteiger partial charge in [-0.25, -0.2) is 0 Å². The number of amides is 1. The number of rotatable bonds is 6. The lowest BCUT2D eigenvalue weighted by atomic mass is 10.0. The number of thiophene rings is 1. The van der Waals surface area contributed by atoms with Crippen LogP contribution in [0.4, 0.5) is 10.7 Å². The molecule has 2 aromatic carbocycles. The fraction of sp³-hybridized carbons (Fsp3) is 0.292. The van der Waals surface area contributed by atoms with Gasteiger partial charge in [-0.05, 0) is 61.9 Å². The van der Waals surface area contributed by atoms with Crippen LogP contribution < -0.4 is 10.2 Å². The molecule has 3 aromatic rings. The van der Waals surface area contributed by atoms with Crippen molar-refractivity contribution >= 4 is 27.9 Å². The Bertz CT molecular complexity index is 935. The molecule has 4 heteroatoms. The van der Waals surface area contributed by atoms with Gasteiger partial charge >= 0.3 is 0 Å². The Kier molecular flexibility index (Phi) is 5.77. The average Bonchev–Trinajstić information content (AvgIpc) is 3.23. The Morgan fingerprint density at radius 1 is 1.07 bits per heavy atom. The quantitative estimate of drug-likeness (QED) is 0.595. The maximum atomic E-state index is 12.7. The van der Waals surface area contributed by atoms with Crippen LogP contribution in [0.25, 0.3) is 0 Å². The minimum atomic E-state index is 0.0297. The highest BCUT2D eigenvalue weighted by Crippen LogP contribution is 2.37. The van der Waals surface area contributed by atoms with Gasteiger partial charge in [-0.15, -0.1) is 11.3 Å². The lowest BCUT2D eigenvalue weighted by Crippen LogP contribution is -2.32. The third-order valence-electron chi connectivity index (χ3n) is 5.28. The molecule has 0 saturated carbocycles. The number of nitrogens with one attached hydrogen (secondary N) is 1. The predicted molar refractivity (Wildman–Crippen MR) is 118 cm³/mol. The highest BCUT2D eigenvalue weighted by molar-refractivity contribution is 7.18. The second-order valence-electron chi connectivity index (χ2n) is 7.42. The van der Waals surface area contributed by atoms with Crippen molar-refractivity contribution in [2.24, 2.45) is 0 Å². The number of carbonyl (C=O) groups is 1. The van der Waals surface area contributed by atoms with E-state index in [-0.39, 0.29) is 11.9 Å². The van der Waals surface area contributed by atoms with E-state index in [1.165, 1.54) is 16.8 Å². The minimum Gasteiger partial charge on any atom is -0.349 e. The number of benzene rings is 2. The van der Waals surface area contributed by atoms with Gasteiger partial charge in [0.25, 0.3) is 5.91 Å². The predicted octanol–water partition coefficient (Wildman–Crippen LogP) is 5.58. The van der Waals surface area contributed by atoms with Crippen LogP contribution in [0.5, 0.6) is 0 Å². The number of para-hydroxylation sites is 1. The lowest BCUT2D eigenvalue weighted by molar-refractivity contribution is 0.0942. The van der Waals surface area contributed by atoms with Crippen molar-refractivity contribution in [2.75, 3.05) is 11.4 Å². The Hall–Kier alpha value is -2.59. The molecular formula is C24H26N2OS. The van der Waals surface area contributed by atoms with E-state index < -0.39 is 0 Å². The Morgan fingerprint density at radius 3 is 2.71 bits per heavy atom. The Morgan fingerprint density at radius 2 is 1.86 bits per heavy atom. The maximum Gasteiger partial charge on any atom is 0.261 e. The fourth-order valence-corrected chi connectivity index (χ4v) is 4.70. The standard InChI is InChI=1S/C24H26N2OS/c1-18(13-14-19-8-3-2-4-9-19)25-24(27)22-15-16-23(28-22)26-17-7-11-20-10-5-6-12-21(20)26/h2-6,8-10,12,15-16,18H,7,11,13-14,17H2,1H3,(H,25,27)/t18-/m1/s1. The second-order valence-corrected chi connectivity index (χ2v) is 8.48. The molecule has 0 aliphatic carbocycles. The summed E-state index contributed by atoms with van der Waals surface area (Å²) < 4.78 is 0. The molecule has 1 amide bonds. The van der Waals surface area contributed by atoms with Gasteiger partial charge < -0.3 is 10.2 Å². The van der Waals surface area contributed by atoms with Crippen LogP contribution >= 0.6 is 11.3 Å². The highest BCUT2D eigenvalue weighted by Gasteiger charge is 2.20. The molecule has 0 bridgehead atoms. The third kappa shape index (κ3) is 4.28. The number of fused-ring (bicyclic) bond motifs is 1. The van der Waals surface area contributed by atoms with Gasteiger partial charge in [-0.2, -0.15) is 0 Å². The summed E-state index contributed by atoms with van der Waals surface area (Å²) in [4.78, 5) is 15.8. The van der Waals surface area contributed by atoms with Crippen molar-refractivity contribution in [1.82, 2.24) is 5.32 Å². The first-order valence-electron chi connectivity index (χ1n) is 10.0. The van der Waals surface area contributed by atoms with E-state index in [0.29, 0.717) is 0 Å². The number of anilines is 2. The van der Waals surface area contributed by atoms with Gasteiger partial charge in [-0.1, -0.05) is 48.5 Å². The van der Waals surface area contributed by atoms with Crippen molar-refractivity contribution in [1.29, 1.82) is 0 Å². The molecule has 0 saturated heterocycles. The van der Waals surface area contributed by atoms with Crippen molar-refractivity contribution in [3.63, 3.8) is 0 Å². The van der Waals surface area contributed by atoms with Gasteiger partial charge in [0, 0.05) is 18.3 Å². The summed E-state index contributed by atoms with van der Waals surface area (Å²) >= 11 is 1.58. The summed E-state index contributed by atoms with van der Waals surface area (Å²) in [7, 11) is 0. The monoisotopic (exact) mass is 390 g/mol. The number of hydrogen-bond acceptors (Lipinski definition) is 3. The zero-order chi connectivity index (χ0) is 19.3. The largest absolute Gasteiger partial charge is 0.349 e. The number of hydrogen-bond donors (Lipinski definition) is 1. The molecule has 28 heavy (non-hydrogen) atoms. The lowest BCUT2D eigenvalue weighted by Gasteiger charge is -2.30. The topological polar surface area (TPSA) is 32.3 Å². The van der Waals surface area contributed by atoms with E-state index in [4.69, 9.17) is 0 Å². The summed E-state index contributed by atoms with van der Waals surface area (Å²) in [5.41, 5.74) is 3.98. The normalized spacial score (nSPS) is 14.4. The average molecular weight is 391 g/mol. The van der Waals surface area contributed by atoms with E-state index in [0.717, 1.165) is 42.1 Å². The molecule has 1 aromatic heterocycles.